The van der Waals surface area contributed by atoms with Crippen molar-refractivity contribution in [1.29, 1.82) is 0 Å². The molecule has 0 atom stereocenters. The molecule has 0 amide bonds. The van der Waals surface area contributed by atoms with Crippen LogP contribution in [-0.2, 0) is 50.3 Å². The number of rotatable bonds is 5. The standard InChI is InChI=1S/C21H13NO.C21H12NO.3C13H12N.CH4O3S.2CH4O.2Ir/c2*1-2-7-15-13-20-18(12-14(15)6-1)16-8-5-9-17(21(16)23-20)19-10-3-4-11-22-19;3*1-10-3-6-12(7-4-10)13-8-5-11(2)9-14-13;1-5(2,3)4;2*1-2;;/h1-13H;1-8,10-13H;3*3-6,8-9H,1-2H3;1H3,(H,2,3,4);2*2H,1H3;;/q;4*-1;;;;;/i;;1D3,2D3;2D3;1D3;;;;;. The number of benzene rings is 9. The minimum Gasteiger partial charge on any atom is -0.501 e. The largest absolute Gasteiger partial charge is 0.501 e. The van der Waals surface area contributed by atoms with Gasteiger partial charge in [-0.05, 0) is 130 Å². The summed E-state index contributed by atoms with van der Waals surface area (Å²) >= 11 is 0. The summed E-state index contributed by atoms with van der Waals surface area (Å²) < 4.78 is 125. The fourth-order valence-corrected chi connectivity index (χ4v) is 9.90. The average molecular weight is 1690 g/mol. The second kappa shape index (κ2) is 37.1. The molecular weight excluding hydrogens is 1610 g/mol. The number of furan rings is 2. The SMILES string of the molecule is CO.CO.CS(=O)(=O)O.[2H]C([2H])([2H])c1c[c-]c(-c2ccc(C([2H])([2H])[2H])cn2)cc1.[2H]C([2H])([2H])c1c[c-]c(-c2ccc(C)cn2)cc1.[2H]C([2H])([2H])c1ccc(-c2[c-]cc(C)cc2)nc1.[Ir].[Ir].[c-]1ccc2c(oc3cc4ccccc4cc32)c1-c1ccccn1.c1ccc(-c2cccc3c2oc2cc4ccccc4cc23)nc1. The molecule has 15 heteroatoms. The smallest absolute Gasteiger partial charge is 0.261 e. The van der Waals surface area contributed by atoms with Gasteiger partial charge >= 0.3 is 0 Å². The molecule has 0 saturated carbocycles. The van der Waals surface area contributed by atoms with Crippen molar-refractivity contribution in [3.63, 3.8) is 0 Å². The van der Waals surface area contributed by atoms with E-state index in [1.165, 1.54) is 58.2 Å². The Balaban J connectivity index is 0.000000188. The summed E-state index contributed by atoms with van der Waals surface area (Å²) in [5.74, 6) is 0. The normalized spacial score (nSPS) is 12.6. The van der Waals surface area contributed by atoms with E-state index in [2.05, 4.69) is 140 Å². The van der Waals surface area contributed by atoms with Crippen LogP contribution in [0.2, 0.25) is 0 Å². The number of aryl methyl sites for hydroxylation is 6. The Morgan fingerprint density at radius 3 is 1.18 bits per heavy atom. The number of aliphatic hydroxyl groups is 2. The van der Waals surface area contributed by atoms with Crippen molar-refractivity contribution < 1.29 is 88.7 Å². The maximum Gasteiger partial charge on any atom is 0.261 e. The maximum atomic E-state index is 9.19. The van der Waals surface area contributed by atoms with Crippen molar-refractivity contribution in [2.45, 2.75) is 41.3 Å². The van der Waals surface area contributed by atoms with Gasteiger partial charge in [-0.2, -0.15) is 8.42 Å². The molecule has 0 bridgehead atoms. The van der Waals surface area contributed by atoms with Gasteiger partial charge in [-0.25, -0.2) is 0 Å². The third-order valence-corrected chi connectivity index (χ3v) is 14.4. The molecule has 16 aromatic rings. The monoisotopic (exact) mass is 1690 g/mol. The Labute approximate surface area is 622 Å². The zero-order valence-corrected chi connectivity index (χ0v) is 59.7. The third kappa shape index (κ3) is 21.0. The van der Waals surface area contributed by atoms with Crippen LogP contribution in [0.15, 0.2) is 270 Å². The van der Waals surface area contributed by atoms with E-state index in [-0.39, 0.29) is 56.9 Å². The first kappa shape index (κ1) is 60.2. The second-order valence-corrected chi connectivity index (χ2v) is 22.8. The van der Waals surface area contributed by atoms with Crippen molar-refractivity contribution in [2.75, 3.05) is 20.5 Å². The molecule has 2 radical (unpaired) electrons. The van der Waals surface area contributed by atoms with Gasteiger partial charge in [0.2, 0.25) is 0 Å². The Morgan fingerprint density at radius 2 is 0.778 bits per heavy atom. The summed E-state index contributed by atoms with van der Waals surface area (Å²) in [7, 11) is -1.67. The van der Waals surface area contributed by atoms with Gasteiger partial charge in [0.25, 0.3) is 10.1 Å². The molecule has 9 aromatic carbocycles. The molecule has 504 valence electrons. The number of para-hydroxylation sites is 1. The van der Waals surface area contributed by atoms with E-state index in [4.69, 9.17) is 40.0 Å². The molecule has 0 spiro atoms. The van der Waals surface area contributed by atoms with Crippen molar-refractivity contribution in [3.8, 4) is 56.3 Å². The molecule has 99 heavy (non-hydrogen) atoms. The minimum absolute atomic E-state index is 0. The summed E-state index contributed by atoms with van der Waals surface area (Å²) in [6.45, 7) is -4.55. The summed E-state index contributed by atoms with van der Waals surface area (Å²) in [4.78, 5) is 21.4. The van der Waals surface area contributed by atoms with Crippen LogP contribution in [0.5, 0.6) is 0 Å². The van der Waals surface area contributed by atoms with E-state index in [0.717, 1.165) is 114 Å². The van der Waals surface area contributed by atoms with Crippen LogP contribution in [0.25, 0.3) is 122 Å². The zero-order chi connectivity index (χ0) is 78.8. The fourth-order valence-electron chi connectivity index (χ4n) is 9.90. The van der Waals surface area contributed by atoms with Gasteiger partial charge in [0.15, 0.2) is 0 Å². The molecule has 7 heterocycles. The van der Waals surface area contributed by atoms with Gasteiger partial charge in [-0.3, -0.25) is 9.54 Å². The number of hydrogen-bond donors (Lipinski definition) is 3. The molecule has 16 rings (SSSR count). The van der Waals surface area contributed by atoms with Crippen molar-refractivity contribution in [3.05, 3.63) is 319 Å². The van der Waals surface area contributed by atoms with Gasteiger partial charge in [-0.15, -0.1) is 124 Å². The molecule has 7 aromatic heterocycles. The molecule has 12 nitrogen and oxygen atoms in total. The first-order valence-corrected chi connectivity index (χ1v) is 31.9. The Kier molecular flexibility index (Phi) is 22.5. The quantitative estimate of drug-likeness (QED) is 0.110. The molecule has 0 fully saturated rings. The number of aliphatic hydroxyl groups excluding tert-OH is 2. The van der Waals surface area contributed by atoms with E-state index in [9.17, 15) is 8.42 Å². The summed E-state index contributed by atoms with van der Waals surface area (Å²) in [5, 5.41) is 23.3. The van der Waals surface area contributed by atoms with Crippen LogP contribution in [-0.4, -0.2) is 68.6 Å². The second-order valence-electron chi connectivity index (χ2n) is 21.4. The topological polar surface area (TPSA) is 186 Å². The number of fused-ring (bicyclic) bond motifs is 8. The fraction of sp³-hybridized carbons (Fsp3) is 0.107. The predicted molar refractivity (Wildman–Crippen MR) is 395 cm³/mol. The number of nitrogens with zero attached hydrogens (tertiary/aromatic N) is 5. The van der Waals surface area contributed by atoms with E-state index in [0.29, 0.717) is 23.1 Å². The van der Waals surface area contributed by atoms with Crippen molar-refractivity contribution in [1.82, 2.24) is 24.9 Å². The molecule has 3 N–H and O–H groups in total. The third-order valence-electron chi connectivity index (χ3n) is 14.4. The molecule has 0 aliphatic heterocycles. The van der Waals surface area contributed by atoms with E-state index in [1.807, 2.05) is 98.9 Å². The van der Waals surface area contributed by atoms with Gasteiger partial charge < -0.3 is 39.0 Å². The van der Waals surface area contributed by atoms with E-state index < -0.39 is 37.5 Å². The first-order chi connectivity index (χ1) is 51.9. The van der Waals surface area contributed by atoms with Gasteiger partial charge in [0.05, 0.1) is 17.5 Å². The van der Waals surface area contributed by atoms with Crippen LogP contribution in [0.4, 0.5) is 0 Å². The summed E-state index contributed by atoms with van der Waals surface area (Å²) in [6, 6.07) is 84.9. The Morgan fingerprint density at radius 1 is 0.384 bits per heavy atom. The van der Waals surface area contributed by atoms with Gasteiger partial charge in [0, 0.05) is 124 Å². The van der Waals surface area contributed by atoms with Crippen molar-refractivity contribution >= 4 is 75.5 Å². The van der Waals surface area contributed by atoms with Crippen LogP contribution in [0.1, 0.15) is 49.8 Å². The Bertz CT molecular complexity index is 5420. The minimum atomic E-state index is -3.67. The van der Waals surface area contributed by atoms with Crippen LogP contribution >= 0.6 is 0 Å². The molecule has 0 saturated heterocycles. The molecular formula is C84H73Ir2N5O7S-4. The zero-order valence-electron chi connectivity index (χ0n) is 66.1. The summed E-state index contributed by atoms with van der Waals surface area (Å²) in [5.41, 5.74) is 14.8. The summed E-state index contributed by atoms with van der Waals surface area (Å²) in [6.07, 6.45) is 8.79. The number of hydrogen-bond acceptors (Lipinski definition) is 11. The van der Waals surface area contributed by atoms with E-state index in [1.54, 1.807) is 48.8 Å². The molecule has 0 unspecified atom stereocenters. The van der Waals surface area contributed by atoms with Crippen LogP contribution < -0.4 is 0 Å². The van der Waals surface area contributed by atoms with Crippen molar-refractivity contribution in [2.24, 2.45) is 0 Å². The van der Waals surface area contributed by atoms with Gasteiger partial charge in [0.1, 0.15) is 16.7 Å². The maximum absolute atomic E-state index is 9.19. The molecule has 0 aliphatic rings. The van der Waals surface area contributed by atoms with Crippen LogP contribution in [0, 0.1) is 65.5 Å². The molecule has 0 aliphatic carbocycles. The predicted octanol–water partition coefficient (Wildman–Crippen LogP) is 19.6. The van der Waals surface area contributed by atoms with E-state index >= 15 is 0 Å². The van der Waals surface area contributed by atoms with Crippen LogP contribution in [0.3, 0.4) is 0 Å². The van der Waals surface area contributed by atoms with Gasteiger partial charge in [-0.1, -0.05) is 147 Å². The number of aromatic nitrogens is 5. The number of pyridine rings is 5. The Hall–Kier alpha value is -10.0. The first-order valence-electron chi connectivity index (χ1n) is 36.1. The average Bonchev–Trinajstić information content (AvgIpc) is 1.61.